The van der Waals surface area contributed by atoms with E-state index in [-0.39, 0.29) is 5.82 Å². The molecule has 0 bridgehead atoms. The average Bonchev–Trinajstić information content (AvgIpc) is 2.56. The summed E-state index contributed by atoms with van der Waals surface area (Å²) in [6, 6.07) is 8.41. The molecular weight excluding hydrogens is 294 g/mol. The van der Waals surface area contributed by atoms with E-state index in [0.717, 1.165) is 0 Å². The van der Waals surface area contributed by atoms with E-state index in [4.69, 9.17) is 16.0 Å². The van der Waals surface area contributed by atoms with Gasteiger partial charge in [-0.05, 0) is 24.3 Å². The van der Waals surface area contributed by atoms with Gasteiger partial charge in [0.15, 0.2) is 0 Å². The monoisotopic (exact) mass is 298 g/mol. The van der Waals surface area contributed by atoms with E-state index in [9.17, 15) is 4.39 Å². The van der Waals surface area contributed by atoms with E-state index < -0.39 is 0 Å². The molecule has 0 fully saturated rings. The second kappa shape index (κ2) is 3.47. The minimum Gasteiger partial charge on any atom is -0.456 e. The van der Waals surface area contributed by atoms with Gasteiger partial charge >= 0.3 is 0 Å². The van der Waals surface area contributed by atoms with Crippen LogP contribution in [-0.4, -0.2) is 0 Å². The molecule has 2 aromatic carbocycles. The SMILES string of the molecule is Fc1cc(Br)cc2oc3cccc(Cl)c3c12. The Balaban J connectivity index is 2.63. The number of hydrogen-bond donors (Lipinski definition) is 0. The predicted molar refractivity (Wildman–Crippen MR) is 66.4 cm³/mol. The van der Waals surface area contributed by atoms with Crippen LogP contribution in [0.1, 0.15) is 0 Å². The van der Waals surface area contributed by atoms with Crippen LogP contribution >= 0.6 is 27.5 Å². The highest BCUT2D eigenvalue weighted by Gasteiger charge is 2.14. The van der Waals surface area contributed by atoms with Gasteiger partial charge in [-0.2, -0.15) is 0 Å². The van der Waals surface area contributed by atoms with Crippen LogP contribution in [-0.2, 0) is 0 Å². The van der Waals surface area contributed by atoms with Crippen molar-refractivity contribution in [1.29, 1.82) is 0 Å². The summed E-state index contributed by atoms with van der Waals surface area (Å²) in [5.41, 5.74) is 1.09. The molecule has 0 spiro atoms. The van der Waals surface area contributed by atoms with E-state index in [1.54, 1.807) is 24.3 Å². The minimum absolute atomic E-state index is 0.337. The molecule has 0 unspecified atom stereocenters. The van der Waals surface area contributed by atoms with Gasteiger partial charge in [0, 0.05) is 9.86 Å². The van der Waals surface area contributed by atoms with E-state index >= 15 is 0 Å². The minimum atomic E-state index is -0.337. The van der Waals surface area contributed by atoms with Gasteiger partial charge < -0.3 is 4.42 Å². The zero-order valence-corrected chi connectivity index (χ0v) is 10.3. The van der Waals surface area contributed by atoms with Gasteiger partial charge in [0.25, 0.3) is 0 Å². The molecule has 0 amide bonds. The Kier molecular flexibility index (Phi) is 2.19. The molecular formula is C12H5BrClFO. The van der Waals surface area contributed by atoms with Gasteiger partial charge in [0.2, 0.25) is 0 Å². The third-order valence-corrected chi connectivity index (χ3v) is 3.24. The molecule has 0 saturated carbocycles. The van der Waals surface area contributed by atoms with Gasteiger partial charge in [0.1, 0.15) is 17.0 Å². The molecule has 1 aromatic heterocycles. The van der Waals surface area contributed by atoms with Crippen molar-refractivity contribution in [3.63, 3.8) is 0 Å². The third-order valence-electron chi connectivity index (χ3n) is 2.46. The van der Waals surface area contributed by atoms with Crippen molar-refractivity contribution in [2.75, 3.05) is 0 Å². The van der Waals surface area contributed by atoms with Gasteiger partial charge in [-0.25, -0.2) is 4.39 Å². The van der Waals surface area contributed by atoms with Crippen molar-refractivity contribution in [1.82, 2.24) is 0 Å². The zero-order valence-electron chi connectivity index (χ0n) is 7.93. The largest absolute Gasteiger partial charge is 0.456 e. The highest BCUT2D eigenvalue weighted by Crippen LogP contribution is 2.36. The number of hydrogen-bond acceptors (Lipinski definition) is 1. The number of rotatable bonds is 0. The maximum Gasteiger partial charge on any atom is 0.139 e. The van der Waals surface area contributed by atoms with Crippen LogP contribution in [0.3, 0.4) is 0 Å². The van der Waals surface area contributed by atoms with Crippen molar-refractivity contribution in [3.05, 3.63) is 45.6 Å². The molecule has 3 rings (SSSR count). The molecule has 0 N–H and O–H groups in total. The second-order valence-corrected chi connectivity index (χ2v) is 4.80. The quantitative estimate of drug-likeness (QED) is 0.560. The topological polar surface area (TPSA) is 13.1 Å². The first kappa shape index (κ1) is 10.1. The van der Waals surface area contributed by atoms with Crippen LogP contribution in [0.4, 0.5) is 4.39 Å². The molecule has 3 aromatic rings. The van der Waals surface area contributed by atoms with Crippen LogP contribution in [0.15, 0.2) is 39.2 Å². The molecule has 16 heavy (non-hydrogen) atoms. The first-order valence-electron chi connectivity index (χ1n) is 4.62. The molecule has 0 aliphatic heterocycles. The van der Waals surface area contributed by atoms with Crippen LogP contribution in [0.25, 0.3) is 21.9 Å². The summed E-state index contributed by atoms with van der Waals surface area (Å²) in [5.74, 6) is -0.337. The highest BCUT2D eigenvalue weighted by atomic mass is 79.9. The van der Waals surface area contributed by atoms with E-state index in [2.05, 4.69) is 15.9 Å². The fourth-order valence-corrected chi connectivity index (χ4v) is 2.49. The fourth-order valence-electron chi connectivity index (χ4n) is 1.82. The summed E-state index contributed by atoms with van der Waals surface area (Å²) < 4.78 is 20.0. The van der Waals surface area contributed by atoms with Crippen LogP contribution in [0.2, 0.25) is 5.02 Å². The fraction of sp³-hybridized carbons (Fsp3) is 0. The average molecular weight is 300 g/mol. The van der Waals surface area contributed by atoms with Crippen molar-refractivity contribution in [2.45, 2.75) is 0 Å². The molecule has 1 nitrogen and oxygen atoms in total. The van der Waals surface area contributed by atoms with E-state index in [0.29, 0.717) is 31.4 Å². The molecule has 1 heterocycles. The number of fused-ring (bicyclic) bond motifs is 3. The normalized spacial score (nSPS) is 11.4. The lowest BCUT2D eigenvalue weighted by Crippen LogP contribution is -1.77. The highest BCUT2D eigenvalue weighted by molar-refractivity contribution is 9.10. The van der Waals surface area contributed by atoms with Gasteiger partial charge in [-0.3, -0.25) is 0 Å². The number of halogens is 3. The zero-order chi connectivity index (χ0) is 11.3. The lowest BCUT2D eigenvalue weighted by atomic mass is 10.1. The Morgan fingerprint density at radius 1 is 1.12 bits per heavy atom. The summed E-state index contributed by atoms with van der Waals surface area (Å²) in [7, 11) is 0. The van der Waals surface area contributed by atoms with Gasteiger partial charge in [0.05, 0.1) is 10.4 Å². The molecule has 0 aliphatic rings. The van der Waals surface area contributed by atoms with E-state index in [1.165, 1.54) is 6.07 Å². The standard InChI is InChI=1S/C12H5BrClFO/c13-6-4-8(15)12-10(5-6)16-9-3-1-2-7(14)11(9)12/h1-5H. The van der Waals surface area contributed by atoms with Crippen LogP contribution in [0.5, 0.6) is 0 Å². The van der Waals surface area contributed by atoms with Gasteiger partial charge in [-0.15, -0.1) is 0 Å². The molecule has 0 radical (unpaired) electrons. The number of furan rings is 1. The van der Waals surface area contributed by atoms with Crippen molar-refractivity contribution in [2.24, 2.45) is 0 Å². The molecule has 4 heteroatoms. The van der Waals surface area contributed by atoms with Gasteiger partial charge in [-0.1, -0.05) is 33.6 Å². The Labute approximate surface area is 104 Å². The summed E-state index contributed by atoms with van der Waals surface area (Å²) in [5, 5.41) is 1.56. The lowest BCUT2D eigenvalue weighted by Gasteiger charge is -1.95. The summed E-state index contributed by atoms with van der Waals surface area (Å²) >= 11 is 9.28. The maximum atomic E-state index is 13.8. The molecule has 0 saturated heterocycles. The second-order valence-electron chi connectivity index (χ2n) is 3.48. The maximum absolute atomic E-state index is 13.8. The van der Waals surface area contributed by atoms with Crippen molar-refractivity contribution < 1.29 is 8.81 Å². The Morgan fingerprint density at radius 2 is 1.94 bits per heavy atom. The Bertz CT molecular complexity index is 705. The van der Waals surface area contributed by atoms with E-state index in [1.807, 2.05) is 0 Å². The molecule has 80 valence electrons. The van der Waals surface area contributed by atoms with Crippen molar-refractivity contribution >= 4 is 49.5 Å². The Hall–Kier alpha value is -1.06. The lowest BCUT2D eigenvalue weighted by molar-refractivity contribution is 0.633. The van der Waals surface area contributed by atoms with Crippen molar-refractivity contribution in [3.8, 4) is 0 Å². The molecule has 0 aliphatic carbocycles. The van der Waals surface area contributed by atoms with Crippen LogP contribution < -0.4 is 0 Å². The smallest absolute Gasteiger partial charge is 0.139 e. The summed E-state index contributed by atoms with van der Waals surface area (Å²) in [6.07, 6.45) is 0. The Morgan fingerprint density at radius 3 is 2.75 bits per heavy atom. The summed E-state index contributed by atoms with van der Waals surface area (Å²) in [6.45, 7) is 0. The summed E-state index contributed by atoms with van der Waals surface area (Å²) in [4.78, 5) is 0. The first-order valence-corrected chi connectivity index (χ1v) is 5.79. The third kappa shape index (κ3) is 1.35. The number of benzene rings is 2. The van der Waals surface area contributed by atoms with Crippen LogP contribution in [0, 0.1) is 5.82 Å². The predicted octanol–water partition coefficient (Wildman–Crippen LogP) is 5.14. The molecule has 0 atom stereocenters. The first-order chi connectivity index (χ1) is 7.66.